The standard InChI is InChI=1S/C22H31N3O7/c1-5-9-15-19(21(26)30-8-4)20(24-22(27)23-15)14-12-16(25(28)29)18(32-11-7-3)13-17(14)31-10-6-2/h12-13,20H,5-11H2,1-4H3,(H2,23,24,27). The average molecular weight is 450 g/mol. The summed E-state index contributed by atoms with van der Waals surface area (Å²) in [6, 6.07) is 1.27. The van der Waals surface area contributed by atoms with Crippen molar-refractivity contribution in [1.82, 2.24) is 10.6 Å². The van der Waals surface area contributed by atoms with Crippen LogP contribution in [0.3, 0.4) is 0 Å². The number of hydrogen-bond acceptors (Lipinski definition) is 7. The number of esters is 1. The molecule has 2 rings (SSSR count). The Morgan fingerprint density at radius 2 is 1.72 bits per heavy atom. The maximum atomic E-state index is 12.9. The summed E-state index contributed by atoms with van der Waals surface area (Å²) in [6.07, 6.45) is 2.48. The van der Waals surface area contributed by atoms with Crippen molar-refractivity contribution in [3.8, 4) is 11.5 Å². The normalized spacial score (nSPS) is 15.6. The number of nitro groups is 1. The number of nitrogens with one attached hydrogen (secondary N) is 2. The summed E-state index contributed by atoms with van der Waals surface area (Å²) in [5.74, 6) is -0.236. The third-order valence-corrected chi connectivity index (χ3v) is 4.67. The molecule has 0 aromatic heterocycles. The Bertz CT molecular complexity index is 883. The van der Waals surface area contributed by atoms with Crippen LogP contribution in [0.4, 0.5) is 10.5 Å². The highest BCUT2D eigenvalue weighted by Crippen LogP contribution is 2.41. The minimum Gasteiger partial charge on any atom is -0.493 e. The van der Waals surface area contributed by atoms with Crippen molar-refractivity contribution in [3.63, 3.8) is 0 Å². The summed E-state index contributed by atoms with van der Waals surface area (Å²) >= 11 is 0. The Labute approximate surface area is 187 Å². The lowest BCUT2D eigenvalue weighted by atomic mass is 9.92. The lowest BCUT2D eigenvalue weighted by Gasteiger charge is -2.30. The molecule has 1 unspecified atom stereocenters. The topological polar surface area (TPSA) is 129 Å². The van der Waals surface area contributed by atoms with Crippen molar-refractivity contribution in [3.05, 3.63) is 39.1 Å². The quantitative estimate of drug-likeness (QED) is 0.279. The first-order valence-electron chi connectivity index (χ1n) is 10.9. The molecule has 1 atom stereocenters. The molecule has 1 aliphatic rings. The van der Waals surface area contributed by atoms with Gasteiger partial charge in [0, 0.05) is 23.4 Å². The minimum atomic E-state index is -0.977. The molecule has 1 aliphatic heterocycles. The molecule has 2 N–H and O–H groups in total. The van der Waals surface area contributed by atoms with E-state index in [0.29, 0.717) is 55.9 Å². The summed E-state index contributed by atoms with van der Waals surface area (Å²) in [7, 11) is 0. The van der Waals surface area contributed by atoms with Gasteiger partial charge in [0.05, 0.1) is 36.4 Å². The first kappa shape index (κ1) is 25.0. The van der Waals surface area contributed by atoms with Gasteiger partial charge >= 0.3 is 17.7 Å². The first-order valence-corrected chi connectivity index (χ1v) is 10.9. The smallest absolute Gasteiger partial charge is 0.338 e. The van der Waals surface area contributed by atoms with E-state index in [-0.39, 0.29) is 23.6 Å². The second-order valence-corrected chi connectivity index (χ2v) is 7.21. The van der Waals surface area contributed by atoms with E-state index in [1.54, 1.807) is 6.92 Å². The van der Waals surface area contributed by atoms with Crippen LogP contribution in [0.5, 0.6) is 11.5 Å². The van der Waals surface area contributed by atoms with E-state index >= 15 is 0 Å². The monoisotopic (exact) mass is 449 g/mol. The van der Waals surface area contributed by atoms with Crippen molar-refractivity contribution < 1.29 is 28.7 Å². The van der Waals surface area contributed by atoms with Crippen molar-refractivity contribution in [1.29, 1.82) is 0 Å². The van der Waals surface area contributed by atoms with Gasteiger partial charge in [-0.2, -0.15) is 0 Å². The number of nitro benzene ring substituents is 1. The van der Waals surface area contributed by atoms with E-state index in [1.807, 2.05) is 20.8 Å². The third kappa shape index (κ3) is 5.89. The number of carbonyl (C=O) groups excluding carboxylic acids is 2. The maximum absolute atomic E-state index is 12.9. The molecule has 10 nitrogen and oxygen atoms in total. The van der Waals surface area contributed by atoms with Gasteiger partial charge in [0.25, 0.3) is 0 Å². The van der Waals surface area contributed by atoms with Crippen LogP contribution >= 0.6 is 0 Å². The van der Waals surface area contributed by atoms with Gasteiger partial charge in [0.2, 0.25) is 5.75 Å². The molecule has 0 bridgehead atoms. The van der Waals surface area contributed by atoms with Crippen molar-refractivity contribution in [2.24, 2.45) is 0 Å². The van der Waals surface area contributed by atoms with Gasteiger partial charge in [-0.05, 0) is 26.2 Å². The van der Waals surface area contributed by atoms with E-state index in [1.165, 1.54) is 12.1 Å². The molecule has 0 saturated heterocycles. The van der Waals surface area contributed by atoms with Crippen molar-refractivity contribution >= 4 is 17.7 Å². The molecule has 0 radical (unpaired) electrons. The van der Waals surface area contributed by atoms with Crippen LogP contribution in [0, 0.1) is 10.1 Å². The second kappa shape index (κ2) is 11.9. The fraction of sp³-hybridized carbons (Fsp3) is 0.545. The predicted octanol–water partition coefficient (Wildman–Crippen LogP) is 4.14. The Kier molecular flexibility index (Phi) is 9.30. The number of amides is 2. The highest BCUT2D eigenvalue weighted by Gasteiger charge is 2.36. The number of hydrogen-bond donors (Lipinski definition) is 2. The highest BCUT2D eigenvalue weighted by molar-refractivity contribution is 5.95. The number of carbonyl (C=O) groups is 2. The zero-order valence-electron chi connectivity index (χ0n) is 19.0. The second-order valence-electron chi connectivity index (χ2n) is 7.21. The summed E-state index contributed by atoms with van der Waals surface area (Å²) in [6.45, 7) is 8.21. The molecule has 0 spiro atoms. The molecule has 2 amide bonds. The van der Waals surface area contributed by atoms with Crippen LogP contribution in [0.1, 0.15) is 65.0 Å². The van der Waals surface area contributed by atoms with Gasteiger partial charge in [-0.25, -0.2) is 9.59 Å². The van der Waals surface area contributed by atoms with Crippen molar-refractivity contribution in [2.75, 3.05) is 19.8 Å². The molecule has 0 aliphatic carbocycles. The van der Waals surface area contributed by atoms with Crippen LogP contribution < -0.4 is 20.1 Å². The SMILES string of the molecule is CCCOc1cc(OCCC)c([N+](=O)[O-])cc1C1NC(=O)NC(CCC)=C1C(=O)OCC. The maximum Gasteiger partial charge on any atom is 0.338 e. The number of benzene rings is 1. The fourth-order valence-corrected chi connectivity index (χ4v) is 3.35. The first-order chi connectivity index (χ1) is 15.4. The Morgan fingerprint density at radius 3 is 2.28 bits per heavy atom. The van der Waals surface area contributed by atoms with E-state index in [2.05, 4.69) is 10.6 Å². The molecule has 1 aromatic carbocycles. The zero-order valence-corrected chi connectivity index (χ0v) is 19.0. The summed E-state index contributed by atoms with van der Waals surface area (Å²) in [5, 5.41) is 17.2. The number of allylic oxidation sites excluding steroid dienone is 1. The van der Waals surface area contributed by atoms with E-state index in [0.717, 1.165) is 0 Å². The van der Waals surface area contributed by atoms with Crippen molar-refractivity contribution in [2.45, 2.75) is 59.4 Å². The van der Waals surface area contributed by atoms with Gasteiger partial charge in [-0.15, -0.1) is 0 Å². The molecular formula is C22H31N3O7. The lowest BCUT2D eigenvalue weighted by molar-refractivity contribution is -0.386. The molecule has 176 valence electrons. The highest BCUT2D eigenvalue weighted by atomic mass is 16.6. The summed E-state index contributed by atoms with van der Waals surface area (Å²) in [5.41, 5.74) is 0.645. The molecule has 1 aromatic rings. The molecule has 0 fully saturated rings. The lowest BCUT2D eigenvalue weighted by Crippen LogP contribution is -2.46. The van der Waals surface area contributed by atoms with Gasteiger partial charge in [0.15, 0.2) is 0 Å². The third-order valence-electron chi connectivity index (χ3n) is 4.67. The number of ether oxygens (including phenoxy) is 3. The number of rotatable bonds is 12. The van der Waals surface area contributed by atoms with Crippen LogP contribution in [-0.4, -0.2) is 36.7 Å². The van der Waals surface area contributed by atoms with Crippen LogP contribution in [0.15, 0.2) is 23.4 Å². The molecule has 10 heteroatoms. The number of urea groups is 1. The van der Waals surface area contributed by atoms with Crippen LogP contribution in [0.25, 0.3) is 0 Å². The van der Waals surface area contributed by atoms with E-state index < -0.39 is 23.0 Å². The molecular weight excluding hydrogens is 418 g/mol. The Morgan fingerprint density at radius 1 is 1.06 bits per heavy atom. The van der Waals surface area contributed by atoms with Gasteiger partial charge < -0.3 is 24.8 Å². The van der Waals surface area contributed by atoms with Crippen LogP contribution in [0.2, 0.25) is 0 Å². The largest absolute Gasteiger partial charge is 0.493 e. The minimum absolute atomic E-state index is 0.0717. The molecule has 0 saturated carbocycles. The molecule has 1 heterocycles. The van der Waals surface area contributed by atoms with Crippen LogP contribution in [-0.2, 0) is 9.53 Å². The fourth-order valence-electron chi connectivity index (χ4n) is 3.35. The van der Waals surface area contributed by atoms with Gasteiger partial charge in [-0.1, -0.05) is 27.2 Å². The van der Waals surface area contributed by atoms with E-state index in [4.69, 9.17) is 14.2 Å². The van der Waals surface area contributed by atoms with Gasteiger partial charge in [0.1, 0.15) is 5.75 Å². The van der Waals surface area contributed by atoms with Gasteiger partial charge in [-0.3, -0.25) is 10.1 Å². The summed E-state index contributed by atoms with van der Waals surface area (Å²) in [4.78, 5) is 36.5. The Hall–Kier alpha value is -3.30. The number of nitrogens with zero attached hydrogens (tertiary/aromatic N) is 1. The Balaban J connectivity index is 2.72. The predicted molar refractivity (Wildman–Crippen MR) is 118 cm³/mol. The molecule has 32 heavy (non-hydrogen) atoms. The zero-order chi connectivity index (χ0) is 23.7. The average Bonchev–Trinajstić information content (AvgIpc) is 2.75. The van der Waals surface area contributed by atoms with E-state index in [9.17, 15) is 19.7 Å². The summed E-state index contributed by atoms with van der Waals surface area (Å²) < 4.78 is 16.7.